The van der Waals surface area contributed by atoms with Crippen molar-refractivity contribution in [2.45, 2.75) is 9.79 Å². The smallest absolute Gasteiger partial charge is 0.322 e. The molecule has 0 aliphatic heterocycles. The molecular formula is C14H16N4O2P2S2. The van der Waals surface area contributed by atoms with Crippen LogP contribution in [0, 0.1) is 0 Å². The topological polar surface area (TPSA) is 82.3 Å². The molecule has 6 nitrogen and oxygen atoms in total. The van der Waals surface area contributed by atoms with E-state index in [1.807, 2.05) is 48.5 Å². The Kier molecular flexibility index (Phi) is 7.66. The second-order valence-corrected chi connectivity index (χ2v) is 7.27. The highest BCUT2D eigenvalue weighted by molar-refractivity contribution is 8.76. The van der Waals surface area contributed by atoms with Crippen molar-refractivity contribution in [1.29, 1.82) is 0 Å². The van der Waals surface area contributed by atoms with Crippen LogP contribution >= 0.6 is 40.4 Å². The molecule has 0 bridgehead atoms. The Hall–Kier alpha value is -1.46. The average molecular weight is 398 g/mol. The molecular weight excluding hydrogens is 382 g/mol. The number of carbonyl (C=O) groups excluding carboxylic acids is 2. The second-order valence-electron chi connectivity index (χ2n) is 4.41. The summed E-state index contributed by atoms with van der Waals surface area (Å²) in [4.78, 5) is 24.6. The van der Waals surface area contributed by atoms with Gasteiger partial charge < -0.3 is 20.8 Å². The van der Waals surface area contributed by atoms with Crippen molar-refractivity contribution < 1.29 is 9.59 Å². The van der Waals surface area contributed by atoms with Crippen LogP contribution in [0.4, 0.5) is 21.0 Å². The molecule has 24 heavy (non-hydrogen) atoms. The van der Waals surface area contributed by atoms with E-state index in [2.05, 4.69) is 39.6 Å². The molecule has 2 unspecified atom stereocenters. The van der Waals surface area contributed by atoms with Gasteiger partial charge in [-0.2, -0.15) is 0 Å². The second kappa shape index (κ2) is 9.74. The summed E-state index contributed by atoms with van der Waals surface area (Å²) in [5.74, 6) is 0. The number of nitrogens with one attached hydrogen (secondary N) is 4. The highest BCUT2D eigenvalue weighted by Gasteiger charge is 2.02. The Balaban J connectivity index is 1.86. The first-order chi connectivity index (χ1) is 11.6. The summed E-state index contributed by atoms with van der Waals surface area (Å²) in [5, 5.41) is 10.2. The molecule has 4 N–H and O–H groups in total. The Morgan fingerprint density at radius 1 is 0.667 bits per heavy atom. The zero-order valence-corrected chi connectivity index (χ0v) is 16.3. The predicted molar refractivity (Wildman–Crippen MR) is 108 cm³/mol. The van der Waals surface area contributed by atoms with Crippen molar-refractivity contribution in [3.8, 4) is 0 Å². The van der Waals surface area contributed by atoms with Gasteiger partial charge in [0.2, 0.25) is 0 Å². The molecule has 2 aromatic carbocycles. The van der Waals surface area contributed by atoms with Crippen molar-refractivity contribution in [2.24, 2.45) is 0 Å². The van der Waals surface area contributed by atoms with E-state index in [4.69, 9.17) is 0 Å². The van der Waals surface area contributed by atoms with Crippen molar-refractivity contribution in [3.63, 3.8) is 0 Å². The van der Waals surface area contributed by atoms with Gasteiger partial charge in [0.25, 0.3) is 0 Å². The van der Waals surface area contributed by atoms with Crippen LogP contribution in [-0.4, -0.2) is 12.1 Å². The third-order valence-corrected chi connectivity index (χ3v) is 5.66. The van der Waals surface area contributed by atoms with Crippen LogP contribution in [0.15, 0.2) is 58.3 Å². The first kappa shape index (κ1) is 18.9. The minimum atomic E-state index is -0.279. The molecule has 4 amide bonds. The van der Waals surface area contributed by atoms with E-state index in [0.29, 0.717) is 0 Å². The lowest BCUT2D eigenvalue weighted by Crippen LogP contribution is -2.19. The number of carbonyl (C=O) groups is 2. The van der Waals surface area contributed by atoms with Crippen molar-refractivity contribution in [1.82, 2.24) is 10.2 Å². The van der Waals surface area contributed by atoms with Crippen LogP contribution in [0.3, 0.4) is 0 Å². The van der Waals surface area contributed by atoms with E-state index in [1.54, 1.807) is 21.6 Å². The van der Waals surface area contributed by atoms with Crippen LogP contribution < -0.4 is 20.8 Å². The third-order valence-electron chi connectivity index (χ3n) is 2.72. The summed E-state index contributed by atoms with van der Waals surface area (Å²) < 4.78 is 0. The van der Waals surface area contributed by atoms with Gasteiger partial charge in [-0.25, -0.2) is 9.59 Å². The maximum atomic E-state index is 11.2. The SMILES string of the molecule is O=C(NP)Nc1ccc(SSc2ccc(NC(=O)NP)cc2)cc1. The maximum Gasteiger partial charge on any atom is 0.322 e. The number of anilines is 2. The van der Waals surface area contributed by atoms with Crippen LogP contribution in [0.5, 0.6) is 0 Å². The number of urea groups is 2. The molecule has 0 saturated heterocycles. The molecule has 0 heterocycles. The number of hydrogen-bond acceptors (Lipinski definition) is 4. The first-order valence-corrected chi connectivity index (χ1v) is 10.0. The Morgan fingerprint density at radius 3 is 1.29 bits per heavy atom. The lowest BCUT2D eigenvalue weighted by molar-refractivity contribution is 0.256. The van der Waals surface area contributed by atoms with E-state index in [9.17, 15) is 9.59 Å². The number of amides is 4. The maximum absolute atomic E-state index is 11.2. The van der Waals surface area contributed by atoms with Gasteiger partial charge in [0.15, 0.2) is 0 Å². The van der Waals surface area contributed by atoms with Gasteiger partial charge in [-0.05, 0) is 67.3 Å². The summed E-state index contributed by atoms with van der Waals surface area (Å²) in [6, 6.07) is 14.6. The molecule has 0 saturated carbocycles. The quantitative estimate of drug-likeness (QED) is 0.447. The van der Waals surface area contributed by atoms with E-state index in [0.717, 1.165) is 21.2 Å². The van der Waals surface area contributed by atoms with E-state index < -0.39 is 0 Å². The van der Waals surface area contributed by atoms with Crippen molar-refractivity contribution in [2.75, 3.05) is 10.6 Å². The molecule has 0 aromatic heterocycles. The molecule has 0 aliphatic carbocycles. The van der Waals surface area contributed by atoms with Gasteiger partial charge in [-0.1, -0.05) is 21.6 Å². The minimum absolute atomic E-state index is 0.279. The Morgan fingerprint density at radius 2 is 1.00 bits per heavy atom. The molecule has 10 heteroatoms. The van der Waals surface area contributed by atoms with Gasteiger partial charge in [-0.3, -0.25) is 0 Å². The monoisotopic (exact) mass is 398 g/mol. The zero-order chi connectivity index (χ0) is 17.4. The third kappa shape index (κ3) is 6.21. The highest BCUT2D eigenvalue weighted by Crippen LogP contribution is 2.37. The van der Waals surface area contributed by atoms with Crippen molar-refractivity contribution >= 4 is 63.8 Å². The number of benzene rings is 2. The van der Waals surface area contributed by atoms with Gasteiger partial charge in [0.05, 0.1) is 0 Å². The molecule has 0 aliphatic rings. The Bertz CT molecular complexity index is 637. The average Bonchev–Trinajstić information content (AvgIpc) is 2.62. The predicted octanol–water partition coefficient (Wildman–Crippen LogP) is 4.31. The lowest BCUT2D eigenvalue weighted by atomic mass is 10.3. The van der Waals surface area contributed by atoms with E-state index >= 15 is 0 Å². The van der Waals surface area contributed by atoms with Gasteiger partial charge >= 0.3 is 12.1 Å². The standard InChI is InChI=1S/C14H16N4O2P2S2/c19-13(17-21)15-9-1-5-11(6-2-9)23-24-12-7-3-10(4-8-12)16-14(20)18-22/h1-8H,21-22H2,(H2,15,17,19)(H2,16,18,20). The molecule has 0 fully saturated rings. The fraction of sp³-hybridized carbons (Fsp3) is 0. The van der Waals surface area contributed by atoms with E-state index in [1.165, 1.54) is 0 Å². The highest BCUT2D eigenvalue weighted by atomic mass is 33.1. The number of hydrogen-bond donors (Lipinski definition) is 4. The Labute approximate surface area is 152 Å². The fourth-order valence-corrected chi connectivity index (χ4v) is 3.69. The molecule has 2 rings (SSSR count). The van der Waals surface area contributed by atoms with Crippen LogP contribution in [0.25, 0.3) is 0 Å². The summed E-state index contributed by atoms with van der Waals surface area (Å²) in [7, 11) is 7.52. The fourth-order valence-electron chi connectivity index (χ4n) is 1.62. The normalized spacial score (nSPS) is 9.92. The first-order valence-electron chi connectivity index (χ1n) is 6.70. The van der Waals surface area contributed by atoms with Gasteiger partial charge in [0, 0.05) is 21.2 Å². The molecule has 0 spiro atoms. The molecule has 0 radical (unpaired) electrons. The van der Waals surface area contributed by atoms with Crippen LogP contribution in [-0.2, 0) is 0 Å². The number of rotatable bonds is 5. The summed E-state index contributed by atoms with van der Waals surface area (Å²) >= 11 is 0. The van der Waals surface area contributed by atoms with E-state index in [-0.39, 0.29) is 12.1 Å². The summed E-state index contributed by atoms with van der Waals surface area (Å²) in [6.45, 7) is 0. The summed E-state index contributed by atoms with van der Waals surface area (Å²) in [6.07, 6.45) is 0. The largest absolute Gasteiger partial charge is 0.323 e. The minimum Gasteiger partial charge on any atom is -0.323 e. The molecule has 2 aromatic rings. The van der Waals surface area contributed by atoms with Crippen LogP contribution in [0.1, 0.15) is 0 Å². The lowest BCUT2D eigenvalue weighted by Gasteiger charge is -2.07. The van der Waals surface area contributed by atoms with Gasteiger partial charge in [0.1, 0.15) is 0 Å². The van der Waals surface area contributed by atoms with Gasteiger partial charge in [-0.15, -0.1) is 0 Å². The zero-order valence-electron chi connectivity index (χ0n) is 12.4. The summed E-state index contributed by atoms with van der Waals surface area (Å²) in [5.41, 5.74) is 1.46. The van der Waals surface area contributed by atoms with Crippen LogP contribution in [0.2, 0.25) is 0 Å². The molecule has 126 valence electrons. The van der Waals surface area contributed by atoms with Crippen molar-refractivity contribution in [3.05, 3.63) is 48.5 Å². The molecule has 2 atom stereocenters.